The first-order chi connectivity index (χ1) is 7.28. The van der Waals surface area contributed by atoms with Gasteiger partial charge in [0.05, 0.1) is 6.61 Å². The highest BCUT2D eigenvalue weighted by atomic mass is 16.7. The Hall–Kier alpha value is -0.570. The van der Waals surface area contributed by atoms with Crippen molar-refractivity contribution in [2.75, 3.05) is 6.61 Å². The zero-order valence-electron chi connectivity index (χ0n) is 10.1. The maximum Gasteiger partial charge on any atom is 0.419 e. The van der Waals surface area contributed by atoms with E-state index in [0.717, 1.165) is 6.42 Å². The third-order valence-corrected chi connectivity index (χ3v) is 2.57. The Balaban J connectivity index is 3.70. The Morgan fingerprint density at radius 3 is 2.40 bits per heavy atom. The van der Waals surface area contributed by atoms with E-state index in [1.807, 2.05) is 6.92 Å². The predicted octanol–water partition coefficient (Wildman–Crippen LogP) is 3.04. The number of unbranched alkanes of at least 4 members (excludes halogenated alkanes) is 1. The summed E-state index contributed by atoms with van der Waals surface area (Å²) in [5.74, 6) is 0.578. The van der Waals surface area contributed by atoms with Crippen LogP contribution in [-0.2, 0) is 14.3 Å². The van der Waals surface area contributed by atoms with Crippen LogP contribution in [0.4, 0.5) is 0 Å². The van der Waals surface area contributed by atoms with Crippen molar-refractivity contribution in [2.45, 2.75) is 59.2 Å². The molecule has 15 heavy (non-hydrogen) atoms. The van der Waals surface area contributed by atoms with E-state index in [1.54, 1.807) is 0 Å². The molecule has 2 unspecified atom stereocenters. The standard InChI is InChI=1S/C12H23O3/c1-4-7-8-11(5-2)9-14-12(6-3)15-10-13/h11-12H,4-9H2,1-3H3. The van der Waals surface area contributed by atoms with Crippen molar-refractivity contribution in [1.29, 1.82) is 0 Å². The van der Waals surface area contributed by atoms with E-state index >= 15 is 0 Å². The molecule has 0 aromatic heterocycles. The zero-order valence-corrected chi connectivity index (χ0v) is 10.1. The van der Waals surface area contributed by atoms with Crippen LogP contribution < -0.4 is 0 Å². The maximum absolute atomic E-state index is 10.0. The first-order valence-corrected chi connectivity index (χ1v) is 5.92. The van der Waals surface area contributed by atoms with Crippen LogP contribution in [0.3, 0.4) is 0 Å². The molecule has 2 atom stereocenters. The van der Waals surface area contributed by atoms with Gasteiger partial charge in [0, 0.05) is 6.42 Å². The van der Waals surface area contributed by atoms with Gasteiger partial charge in [-0.1, -0.05) is 40.0 Å². The maximum atomic E-state index is 10.0. The largest absolute Gasteiger partial charge is 0.427 e. The molecule has 0 saturated carbocycles. The minimum Gasteiger partial charge on any atom is -0.427 e. The summed E-state index contributed by atoms with van der Waals surface area (Å²) in [6.07, 6.45) is 5.01. The average Bonchev–Trinajstić information content (AvgIpc) is 2.27. The van der Waals surface area contributed by atoms with Gasteiger partial charge in [0.25, 0.3) is 0 Å². The van der Waals surface area contributed by atoms with E-state index in [0.29, 0.717) is 18.9 Å². The molecule has 0 spiro atoms. The average molecular weight is 215 g/mol. The molecule has 0 aromatic rings. The van der Waals surface area contributed by atoms with Gasteiger partial charge in [0.2, 0.25) is 6.29 Å². The first-order valence-electron chi connectivity index (χ1n) is 5.92. The van der Waals surface area contributed by atoms with Gasteiger partial charge in [-0.05, 0) is 12.3 Å². The van der Waals surface area contributed by atoms with Crippen molar-refractivity contribution >= 4 is 6.47 Å². The Bertz CT molecular complexity index is 148. The van der Waals surface area contributed by atoms with Gasteiger partial charge < -0.3 is 9.47 Å². The summed E-state index contributed by atoms with van der Waals surface area (Å²) in [5, 5.41) is 0. The quantitative estimate of drug-likeness (QED) is 0.525. The lowest BCUT2D eigenvalue weighted by molar-refractivity contribution is -0.102. The van der Waals surface area contributed by atoms with Crippen LogP contribution >= 0.6 is 0 Å². The van der Waals surface area contributed by atoms with Crippen LogP contribution in [0.25, 0.3) is 0 Å². The fourth-order valence-electron chi connectivity index (χ4n) is 1.43. The second-order valence-electron chi connectivity index (χ2n) is 3.79. The molecule has 0 N–H and O–H groups in total. The molecule has 0 saturated heterocycles. The Kier molecular flexibility index (Phi) is 9.59. The van der Waals surface area contributed by atoms with Gasteiger partial charge in [-0.25, -0.2) is 4.79 Å². The van der Waals surface area contributed by atoms with E-state index in [-0.39, 0.29) is 0 Å². The highest BCUT2D eigenvalue weighted by molar-refractivity contribution is 5.38. The molecule has 89 valence electrons. The van der Waals surface area contributed by atoms with E-state index in [2.05, 4.69) is 18.6 Å². The molecule has 0 aliphatic carbocycles. The zero-order chi connectivity index (χ0) is 11.5. The summed E-state index contributed by atoms with van der Waals surface area (Å²) in [6, 6.07) is 0. The first kappa shape index (κ1) is 14.4. The Morgan fingerprint density at radius 2 is 1.93 bits per heavy atom. The fraction of sp³-hybridized carbons (Fsp3) is 0.917. The highest BCUT2D eigenvalue weighted by Crippen LogP contribution is 2.14. The minimum atomic E-state index is -0.418. The molecule has 0 heterocycles. The second-order valence-corrected chi connectivity index (χ2v) is 3.79. The molecule has 1 radical (unpaired) electrons. The van der Waals surface area contributed by atoms with Crippen molar-refractivity contribution in [1.82, 2.24) is 0 Å². The van der Waals surface area contributed by atoms with E-state index in [1.165, 1.54) is 25.7 Å². The Morgan fingerprint density at radius 1 is 1.20 bits per heavy atom. The summed E-state index contributed by atoms with van der Waals surface area (Å²) in [6.45, 7) is 8.38. The number of rotatable bonds is 10. The molecule has 0 bridgehead atoms. The molecular weight excluding hydrogens is 192 g/mol. The van der Waals surface area contributed by atoms with Gasteiger partial charge >= 0.3 is 6.47 Å². The van der Waals surface area contributed by atoms with Crippen LogP contribution in [0.1, 0.15) is 52.9 Å². The molecule has 0 aliphatic rings. The smallest absolute Gasteiger partial charge is 0.419 e. The topological polar surface area (TPSA) is 35.5 Å². The Labute approximate surface area is 93.1 Å². The number of carbonyl (C=O) groups excluding carboxylic acids is 1. The van der Waals surface area contributed by atoms with E-state index in [4.69, 9.17) is 4.74 Å². The molecule has 0 aliphatic heterocycles. The normalized spacial score (nSPS) is 14.6. The van der Waals surface area contributed by atoms with Crippen molar-refractivity contribution < 1.29 is 14.3 Å². The molecule has 3 heteroatoms. The van der Waals surface area contributed by atoms with Gasteiger partial charge in [-0.3, -0.25) is 0 Å². The van der Waals surface area contributed by atoms with Gasteiger partial charge in [0.15, 0.2) is 0 Å². The van der Waals surface area contributed by atoms with Gasteiger partial charge in [-0.15, -0.1) is 0 Å². The lowest BCUT2D eigenvalue weighted by Crippen LogP contribution is -2.20. The van der Waals surface area contributed by atoms with Crippen LogP contribution in [0.2, 0.25) is 0 Å². The second kappa shape index (κ2) is 9.97. The molecule has 3 nitrogen and oxygen atoms in total. The molecule has 0 amide bonds. The summed E-state index contributed by atoms with van der Waals surface area (Å²) in [4.78, 5) is 10.0. The summed E-state index contributed by atoms with van der Waals surface area (Å²) in [5.41, 5.74) is 0. The van der Waals surface area contributed by atoms with Gasteiger partial charge in [-0.2, -0.15) is 0 Å². The van der Waals surface area contributed by atoms with Crippen molar-refractivity contribution in [3.8, 4) is 0 Å². The van der Waals surface area contributed by atoms with Crippen LogP contribution in [0.5, 0.6) is 0 Å². The van der Waals surface area contributed by atoms with Crippen molar-refractivity contribution in [3.63, 3.8) is 0 Å². The molecule has 0 aromatic carbocycles. The SMILES string of the molecule is CCCCC(CC)COC(CC)O[C]=O. The lowest BCUT2D eigenvalue weighted by atomic mass is 10.0. The minimum absolute atomic E-state index is 0.418. The van der Waals surface area contributed by atoms with Crippen molar-refractivity contribution in [2.24, 2.45) is 5.92 Å². The summed E-state index contributed by atoms with van der Waals surface area (Å²) in [7, 11) is 0. The van der Waals surface area contributed by atoms with Crippen molar-refractivity contribution in [3.05, 3.63) is 0 Å². The van der Waals surface area contributed by atoms with E-state index in [9.17, 15) is 4.79 Å². The van der Waals surface area contributed by atoms with Crippen LogP contribution in [-0.4, -0.2) is 19.4 Å². The van der Waals surface area contributed by atoms with Crippen LogP contribution in [0, 0.1) is 5.92 Å². The number of hydrogen-bond donors (Lipinski definition) is 0. The monoisotopic (exact) mass is 215 g/mol. The molecule has 0 fully saturated rings. The third kappa shape index (κ3) is 7.37. The van der Waals surface area contributed by atoms with Crippen LogP contribution in [0.15, 0.2) is 0 Å². The fourth-order valence-corrected chi connectivity index (χ4v) is 1.43. The molecule has 0 rings (SSSR count). The van der Waals surface area contributed by atoms with E-state index < -0.39 is 6.29 Å². The molecular formula is C12H23O3. The number of ether oxygens (including phenoxy) is 2. The lowest BCUT2D eigenvalue weighted by Gasteiger charge is -2.18. The third-order valence-electron chi connectivity index (χ3n) is 2.57. The summed E-state index contributed by atoms with van der Waals surface area (Å²) >= 11 is 0. The summed E-state index contributed by atoms with van der Waals surface area (Å²) < 4.78 is 10.2. The highest BCUT2D eigenvalue weighted by Gasteiger charge is 2.11. The predicted molar refractivity (Wildman–Crippen MR) is 60.1 cm³/mol. The number of hydrogen-bond acceptors (Lipinski definition) is 3. The van der Waals surface area contributed by atoms with Gasteiger partial charge in [0.1, 0.15) is 0 Å².